The zero-order chi connectivity index (χ0) is 18.9. The molecule has 3 N–H and O–H groups in total. The number of carbonyl (C=O) groups is 2. The van der Waals surface area contributed by atoms with E-state index in [0.29, 0.717) is 25.4 Å². The van der Waals surface area contributed by atoms with Gasteiger partial charge in [0.15, 0.2) is 0 Å². The summed E-state index contributed by atoms with van der Waals surface area (Å²) in [4.78, 5) is 24.0. The van der Waals surface area contributed by atoms with Gasteiger partial charge in [-0.3, -0.25) is 4.79 Å². The molecule has 1 aliphatic heterocycles. The van der Waals surface area contributed by atoms with Crippen molar-refractivity contribution in [2.24, 2.45) is 0 Å². The molecule has 3 amide bonds. The molecule has 142 valence electrons. The number of benzene rings is 2. The highest BCUT2D eigenvalue weighted by atomic mass is 16.5. The summed E-state index contributed by atoms with van der Waals surface area (Å²) in [6.45, 7) is 1.61. The molecule has 2 aromatic rings. The zero-order valence-corrected chi connectivity index (χ0v) is 15.2. The van der Waals surface area contributed by atoms with Crippen molar-refractivity contribution in [3.8, 4) is 0 Å². The number of rotatable bonds is 7. The van der Waals surface area contributed by atoms with Gasteiger partial charge in [0.25, 0.3) is 5.91 Å². The fourth-order valence-electron chi connectivity index (χ4n) is 2.98. The van der Waals surface area contributed by atoms with E-state index in [9.17, 15) is 9.59 Å². The number of amides is 3. The second-order valence-electron chi connectivity index (χ2n) is 6.54. The summed E-state index contributed by atoms with van der Waals surface area (Å²) in [7, 11) is 0. The topological polar surface area (TPSA) is 79.5 Å². The smallest absolute Gasteiger partial charge is 0.315 e. The highest BCUT2D eigenvalue weighted by Crippen LogP contribution is 2.16. The first-order chi connectivity index (χ1) is 13.2. The van der Waals surface area contributed by atoms with E-state index in [1.54, 1.807) is 0 Å². The number of carbonyl (C=O) groups excluding carboxylic acids is 2. The number of hydrogen-bond acceptors (Lipinski definition) is 3. The van der Waals surface area contributed by atoms with Crippen LogP contribution in [0.25, 0.3) is 0 Å². The maximum absolute atomic E-state index is 12.1. The van der Waals surface area contributed by atoms with Crippen LogP contribution in [0.3, 0.4) is 0 Å². The SMILES string of the molecule is O=C(NCCc1ccccc1)NCc1cccc(NC(=O)C2CCCO2)c1. The van der Waals surface area contributed by atoms with Gasteiger partial charge in [0.2, 0.25) is 0 Å². The van der Waals surface area contributed by atoms with Gasteiger partial charge >= 0.3 is 6.03 Å². The Hall–Kier alpha value is -2.86. The van der Waals surface area contributed by atoms with Crippen molar-refractivity contribution in [2.45, 2.75) is 31.9 Å². The summed E-state index contributed by atoms with van der Waals surface area (Å²) in [5, 5.41) is 8.55. The molecule has 6 heteroatoms. The van der Waals surface area contributed by atoms with Crippen LogP contribution in [0, 0.1) is 0 Å². The molecule has 1 heterocycles. The van der Waals surface area contributed by atoms with Gasteiger partial charge in [0.05, 0.1) is 0 Å². The highest BCUT2D eigenvalue weighted by molar-refractivity contribution is 5.94. The van der Waals surface area contributed by atoms with E-state index in [1.165, 1.54) is 5.56 Å². The first kappa shape index (κ1) is 18.9. The molecule has 2 aromatic carbocycles. The van der Waals surface area contributed by atoms with Crippen LogP contribution < -0.4 is 16.0 Å². The Morgan fingerprint density at radius 1 is 1.00 bits per heavy atom. The molecule has 0 saturated carbocycles. The van der Waals surface area contributed by atoms with Gasteiger partial charge in [-0.2, -0.15) is 0 Å². The Labute approximate surface area is 159 Å². The zero-order valence-electron chi connectivity index (χ0n) is 15.2. The van der Waals surface area contributed by atoms with Gasteiger partial charge in [-0.05, 0) is 42.5 Å². The van der Waals surface area contributed by atoms with Gasteiger partial charge in [-0.15, -0.1) is 0 Å². The lowest BCUT2D eigenvalue weighted by Gasteiger charge is -2.12. The van der Waals surface area contributed by atoms with Crippen LogP contribution in [-0.4, -0.2) is 31.2 Å². The molecule has 1 saturated heterocycles. The molecule has 27 heavy (non-hydrogen) atoms. The standard InChI is InChI=1S/C21H25N3O3/c25-20(19-10-5-13-27-19)24-18-9-4-8-17(14-18)15-23-21(26)22-12-11-16-6-2-1-3-7-16/h1-4,6-9,14,19H,5,10-13,15H2,(H,24,25)(H2,22,23,26). The summed E-state index contributed by atoms with van der Waals surface area (Å²) in [5.74, 6) is -0.115. The summed E-state index contributed by atoms with van der Waals surface area (Å²) in [6, 6.07) is 17.3. The minimum Gasteiger partial charge on any atom is -0.368 e. The van der Waals surface area contributed by atoms with Crippen molar-refractivity contribution in [3.63, 3.8) is 0 Å². The predicted molar refractivity (Wildman–Crippen MR) is 104 cm³/mol. The molecule has 0 bridgehead atoms. The van der Waals surface area contributed by atoms with Crippen LogP contribution in [0.15, 0.2) is 54.6 Å². The fraction of sp³-hybridized carbons (Fsp3) is 0.333. The van der Waals surface area contributed by atoms with Gasteiger partial charge in [0.1, 0.15) is 6.10 Å². The lowest BCUT2D eigenvalue weighted by molar-refractivity contribution is -0.124. The lowest BCUT2D eigenvalue weighted by atomic mass is 10.1. The minimum atomic E-state index is -0.359. The molecule has 1 aliphatic rings. The average molecular weight is 367 g/mol. The summed E-state index contributed by atoms with van der Waals surface area (Å²) in [6.07, 6.45) is 2.11. The van der Waals surface area contributed by atoms with Crippen LogP contribution in [0.4, 0.5) is 10.5 Å². The third-order valence-corrected chi connectivity index (χ3v) is 4.41. The average Bonchev–Trinajstić information content (AvgIpc) is 3.23. The first-order valence-corrected chi connectivity index (χ1v) is 9.28. The third-order valence-electron chi connectivity index (χ3n) is 4.41. The third kappa shape index (κ3) is 6.11. The van der Waals surface area contributed by atoms with E-state index >= 15 is 0 Å². The maximum atomic E-state index is 12.1. The Balaban J connectivity index is 1.41. The molecule has 1 fully saturated rings. The molecule has 0 spiro atoms. The van der Waals surface area contributed by atoms with E-state index in [4.69, 9.17) is 4.74 Å². The Morgan fingerprint density at radius 3 is 2.59 bits per heavy atom. The van der Waals surface area contributed by atoms with Gasteiger partial charge in [-0.25, -0.2) is 4.79 Å². The van der Waals surface area contributed by atoms with Crippen molar-refractivity contribution in [1.29, 1.82) is 0 Å². The number of hydrogen-bond donors (Lipinski definition) is 3. The molecular weight excluding hydrogens is 342 g/mol. The summed E-state index contributed by atoms with van der Waals surface area (Å²) < 4.78 is 5.39. The highest BCUT2D eigenvalue weighted by Gasteiger charge is 2.23. The van der Waals surface area contributed by atoms with Crippen molar-refractivity contribution in [2.75, 3.05) is 18.5 Å². The Bertz CT molecular complexity index is 758. The molecule has 6 nitrogen and oxygen atoms in total. The van der Waals surface area contributed by atoms with Crippen LogP contribution >= 0.6 is 0 Å². The minimum absolute atomic E-state index is 0.115. The first-order valence-electron chi connectivity index (χ1n) is 9.28. The number of nitrogens with one attached hydrogen (secondary N) is 3. The maximum Gasteiger partial charge on any atom is 0.315 e. The molecule has 3 rings (SSSR count). The quantitative estimate of drug-likeness (QED) is 0.704. The Morgan fingerprint density at radius 2 is 1.81 bits per heavy atom. The monoisotopic (exact) mass is 367 g/mol. The molecule has 1 atom stereocenters. The van der Waals surface area contributed by atoms with Gasteiger partial charge < -0.3 is 20.7 Å². The van der Waals surface area contributed by atoms with Crippen LogP contribution in [0.2, 0.25) is 0 Å². The molecule has 0 radical (unpaired) electrons. The molecule has 0 aromatic heterocycles. The van der Waals surface area contributed by atoms with E-state index in [1.807, 2.05) is 54.6 Å². The number of ether oxygens (including phenoxy) is 1. The van der Waals surface area contributed by atoms with Crippen LogP contribution in [0.5, 0.6) is 0 Å². The fourth-order valence-corrected chi connectivity index (χ4v) is 2.98. The second-order valence-corrected chi connectivity index (χ2v) is 6.54. The molecule has 0 aliphatic carbocycles. The number of anilines is 1. The molecular formula is C21H25N3O3. The van der Waals surface area contributed by atoms with Gasteiger partial charge in [-0.1, -0.05) is 42.5 Å². The van der Waals surface area contributed by atoms with E-state index in [-0.39, 0.29) is 18.0 Å². The second kappa shape index (κ2) is 9.73. The van der Waals surface area contributed by atoms with Crippen molar-refractivity contribution < 1.29 is 14.3 Å². The van der Waals surface area contributed by atoms with E-state index in [0.717, 1.165) is 24.8 Å². The van der Waals surface area contributed by atoms with Gasteiger partial charge in [0, 0.05) is 25.4 Å². The van der Waals surface area contributed by atoms with Crippen LogP contribution in [-0.2, 0) is 22.5 Å². The largest absolute Gasteiger partial charge is 0.368 e. The van der Waals surface area contributed by atoms with Crippen LogP contribution in [0.1, 0.15) is 24.0 Å². The number of urea groups is 1. The van der Waals surface area contributed by atoms with Crippen molar-refractivity contribution in [3.05, 3.63) is 65.7 Å². The molecule has 1 unspecified atom stereocenters. The van der Waals surface area contributed by atoms with Crippen molar-refractivity contribution in [1.82, 2.24) is 10.6 Å². The lowest BCUT2D eigenvalue weighted by Crippen LogP contribution is -2.36. The Kier molecular flexibility index (Phi) is 6.82. The van der Waals surface area contributed by atoms with E-state index < -0.39 is 0 Å². The van der Waals surface area contributed by atoms with Crippen molar-refractivity contribution >= 4 is 17.6 Å². The van der Waals surface area contributed by atoms with E-state index in [2.05, 4.69) is 16.0 Å². The summed E-state index contributed by atoms with van der Waals surface area (Å²) >= 11 is 0. The normalized spacial score (nSPS) is 15.9. The predicted octanol–water partition coefficient (Wildman–Crippen LogP) is 2.85. The summed E-state index contributed by atoms with van der Waals surface area (Å²) in [5.41, 5.74) is 2.81.